The van der Waals surface area contributed by atoms with E-state index in [-0.39, 0.29) is 11.6 Å². The molecule has 0 aliphatic heterocycles. The van der Waals surface area contributed by atoms with Gasteiger partial charge in [-0.2, -0.15) is 13.2 Å². The monoisotopic (exact) mass is 350 g/mol. The first kappa shape index (κ1) is 17.3. The Bertz CT molecular complexity index is 871. The van der Waals surface area contributed by atoms with Crippen molar-refractivity contribution < 1.29 is 18.0 Å². The maximum absolute atomic E-state index is 12.6. The van der Waals surface area contributed by atoms with Gasteiger partial charge in [0.15, 0.2) is 0 Å². The first-order chi connectivity index (χ1) is 11.8. The molecular formula is C18H17F3N2O2. The van der Waals surface area contributed by atoms with E-state index in [9.17, 15) is 22.8 Å². The van der Waals surface area contributed by atoms with Gasteiger partial charge in [0.05, 0.1) is 6.04 Å². The molecule has 2 N–H and O–H groups in total. The first-order valence-corrected chi connectivity index (χ1v) is 7.97. The van der Waals surface area contributed by atoms with E-state index < -0.39 is 23.3 Å². The Balaban J connectivity index is 1.85. The molecule has 1 aliphatic carbocycles. The number of hydrogen-bond acceptors (Lipinski definition) is 2. The van der Waals surface area contributed by atoms with Crippen LogP contribution in [0.4, 0.5) is 13.2 Å². The Kier molecular flexibility index (Phi) is 4.41. The number of H-pyrrole nitrogens is 1. The molecule has 3 rings (SSSR count). The van der Waals surface area contributed by atoms with Crippen LogP contribution in [0.2, 0.25) is 0 Å². The first-order valence-electron chi connectivity index (χ1n) is 7.97. The minimum Gasteiger partial charge on any atom is -0.345 e. The summed E-state index contributed by atoms with van der Waals surface area (Å²) in [5.74, 6) is -0.672. The highest BCUT2D eigenvalue weighted by Gasteiger charge is 2.32. The molecule has 7 heteroatoms. The molecule has 0 bridgehead atoms. The lowest BCUT2D eigenvalue weighted by molar-refractivity contribution is -0.141. The fourth-order valence-corrected chi connectivity index (χ4v) is 3.24. The summed E-state index contributed by atoms with van der Waals surface area (Å²) < 4.78 is 37.8. The molecule has 4 nitrogen and oxygen atoms in total. The highest BCUT2D eigenvalue weighted by Crippen LogP contribution is 2.32. The highest BCUT2D eigenvalue weighted by atomic mass is 19.4. The summed E-state index contributed by atoms with van der Waals surface area (Å²) in [6.45, 7) is 2.00. The average Bonchev–Trinajstić information content (AvgIpc) is 2.55. The SMILES string of the molecule is Cc1cccc2c1CCCC2NC(=O)c1ccc(C(F)(F)F)[nH]c1=O. The van der Waals surface area contributed by atoms with Crippen LogP contribution in [0.5, 0.6) is 0 Å². The number of alkyl halides is 3. The largest absolute Gasteiger partial charge is 0.431 e. The van der Waals surface area contributed by atoms with Crippen molar-refractivity contribution in [1.29, 1.82) is 0 Å². The van der Waals surface area contributed by atoms with Crippen LogP contribution in [0.25, 0.3) is 0 Å². The molecule has 1 unspecified atom stereocenters. The predicted molar refractivity (Wildman–Crippen MR) is 86.4 cm³/mol. The summed E-state index contributed by atoms with van der Waals surface area (Å²) >= 11 is 0. The maximum Gasteiger partial charge on any atom is 0.431 e. The number of rotatable bonds is 2. The van der Waals surface area contributed by atoms with Gasteiger partial charge in [0.1, 0.15) is 11.3 Å². The molecule has 0 fully saturated rings. The van der Waals surface area contributed by atoms with Crippen molar-refractivity contribution in [3.8, 4) is 0 Å². The van der Waals surface area contributed by atoms with Crippen LogP contribution in [-0.4, -0.2) is 10.9 Å². The zero-order valence-corrected chi connectivity index (χ0v) is 13.5. The Morgan fingerprint density at radius 1 is 1.24 bits per heavy atom. The number of benzene rings is 1. The van der Waals surface area contributed by atoms with Gasteiger partial charge in [-0.25, -0.2) is 0 Å². The summed E-state index contributed by atoms with van der Waals surface area (Å²) in [7, 11) is 0. The quantitative estimate of drug-likeness (QED) is 0.871. The van der Waals surface area contributed by atoms with E-state index >= 15 is 0 Å². The maximum atomic E-state index is 12.6. The molecule has 0 saturated heterocycles. The summed E-state index contributed by atoms with van der Waals surface area (Å²) in [4.78, 5) is 26.0. The van der Waals surface area contributed by atoms with Crippen LogP contribution in [-0.2, 0) is 12.6 Å². The highest BCUT2D eigenvalue weighted by molar-refractivity contribution is 5.94. The fraction of sp³-hybridized carbons (Fsp3) is 0.333. The number of aryl methyl sites for hydroxylation is 1. The predicted octanol–water partition coefficient (Wildman–Crippen LogP) is 3.51. The van der Waals surface area contributed by atoms with Crippen molar-refractivity contribution in [2.24, 2.45) is 0 Å². The van der Waals surface area contributed by atoms with Gasteiger partial charge < -0.3 is 10.3 Å². The van der Waals surface area contributed by atoms with E-state index in [0.29, 0.717) is 6.07 Å². The summed E-state index contributed by atoms with van der Waals surface area (Å²) in [5.41, 5.74) is 0.778. The molecule has 1 aromatic heterocycles. The molecule has 25 heavy (non-hydrogen) atoms. The van der Waals surface area contributed by atoms with E-state index in [0.717, 1.165) is 36.5 Å². The number of aromatic nitrogens is 1. The molecule has 0 spiro atoms. The van der Waals surface area contributed by atoms with Gasteiger partial charge in [0, 0.05) is 0 Å². The zero-order chi connectivity index (χ0) is 18.2. The number of halogens is 3. The van der Waals surface area contributed by atoms with Crippen molar-refractivity contribution in [1.82, 2.24) is 10.3 Å². The Hall–Kier alpha value is -2.57. The number of pyridine rings is 1. The fourth-order valence-electron chi connectivity index (χ4n) is 3.24. The van der Waals surface area contributed by atoms with Crippen molar-refractivity contribution in [2.75, 3.05) is 0 Å². The molecule has 0 radical (unpaired) electrons. The molecule has 1 atom stereocenters. The molecule has 132 valence electrons. The van der Waals surface area contributed by atoms with Gasteiger partial charge in [-0.3, -0.25) is 9.59 Å². The summed E-state index contributed by atoms with van der Waals surface area (Å²) in [6.07, 6.45) is -2.11. The third-order valence-corrected chi connectivity index (χ3v) is 4.51. The minimum absolute atomic E-state index is 0.252. The van der Waals surface area contributed by atoms with Gasteiger partial charge >= 0.3 is 6.18 Å². The molecule has 1 aliphatic rings. The lowest BCUT2D eigenvalue weighted by Crippen LogP contribution is -2.35. The second-order valence-corrected chi connectivity index (χ2v) is 6.17. The van der Waals surface area contributed by atoms with E-state index in [2.05, 4.69) is 5.32 Å². The Labute approximate surface area is 142 Å². The van der Waals surface area contributed by atoms with E-state index in [1.165, 1.54) is 5.56 Å². The standard InChI is InChI=1S/C18H17F3N2O2/c1-10-4-2-6-12-11(10)5-3-7-14(12)22-16(24)13-8-9-15(18(19,20)21)23-17(13)25/h2,4,6,8-9,14H,3,5,7H2,1H3,(H,22,24)(H,23,25). The van der Waals surface area contributed by atoms with E-state index in [1.54, 1.807) is 4.98 Å². The lowest BCUT2D eigenvalue weighted by Gasteiger charge is -2.27. The van der Waals surface area contributed by atoms with Crippen LogP contribution in [0.3, 0.4) is 0 Å². The van der Waals surface area contributed by atoms with Crippen LogP contribution >= 0.6 is 0 Å². The number of hydrogen-bond donors (Lipinski definition) is 2. The van der Waals surface area contributed by atoms with Crippen LogP contribution < -0.4 is 10.9 Å². The third-order valence-electron chi connectivity index (χ3n) is 4.51. The van der Waals surface area contributed by atoms with Gasteiger partial charge in [0.2, 0.25) is 0 Å². The number of nitrogens with one attached hydrogen (secondary N) is 2. The smallest absolute Gasteiger partial charge is 0.345 e. The second-order valence-electron chi connectivity index (χ2n) is 6.17. The molecule has 0 saturated carbocycles. The summed E-state index contributed by atoms with van der Waals surface area (Å²) in [6, 6.07) is 7.21. The Morgan fingerprint density at radius 2 is 2.00 bits per heavy atom. The number of amides is 1. The third kappa shape index (κ3) is 3.45. The molecular weight excluding hydrogens is 333 g/mol. The van der Waals surface area contributed by atoms with Gasteiger partial charge in [-0.15, -0.1) is 0 Å². The number of fused-ring (bicyclic) bond motifs is 1. The van der Waals surface area contributed by atoms with Crippen LogP contribution in [0.1, 0.15) is 51.6 Å². The summed E-state index contributed by atoms with van der Waals surface area (Å²) in [5, 5.41) is 2.78. The van der Waals surface area contributed by atoms with Gasteiger partial charge in [-0.1, -0.05) is 18.2 Å². The molecule has 1 amide bonds. The van der Waals surface area contributed by atoms with E-state index in [1.807, 2.05) is 25.1 Å². The van der Waals surface area contributed by atoms with E-state index in [4.69, 9.17) is 0 Å². The molecule has 1 heterocycles. The number of carbonyl (C=O) groups excluding carboxylic acids is 1. The number of aromatic amines is 1. The normalized spacial score (nSPS) is 17.0. The van der Waals surface area contributed by atoms with Gasteiger partial charge in [0.25, 0.3) is 11.5 Å². The van der Waals surface area contributed by atoms with Crippen molar-refractivity contribution in [3.63, 3.8) is 0 Å². The van der Waals surface area contributed by atoms with Crippen LogP contribution in [0.15, 0.2) is 35.1 Å². The average molecular weight is 350 g/mol. The second kappa shape index (κ2) is 6.38. The van der Waals surface area contributed by atoms with Crippen molar-refractivity contribution in [3.05, 3.63) is 68.6 Å². The van der Waals surface area contributed by atoms with Crippen molar-refractivity contribution in [2.45, 2.75) is 38.4 Å². The minimum atomic E-state index is -4.66. The molecule has 2 aromatic rings. The zero-order valence-electron chi connectivity index (χ0n) is 13.5. The topological polar surface area (TPSA) is 62.0 Å². The van der Waals surface area contributed by atoms with Gasteiger partial charge in [-0.05, 0) is 55.0 Å². The van der Waals surface area contributed by atoms with Crippen LogP contribution in [0, 0.1) is 6.92 Å². The lowest BCUT2D eigenvalue weighted by atomic mass is 9.85. The molecule has 1 aromatic carbocycles. The van der Waals surface area contributed by atoms with Crippen molar-refractivity contribution >= 4 is 5.91 Å². The Morgan fingerprint density at radius 3 is 2.68 bits per heavy atom. The number of carbonyl (C=O) groups is 1.